The molecule has 1 aliphatic rings. The summed E-state index contributed by atoms with van der Waals surface area (Å²) in [6, 6.07) is 9.06. The van der Waals surface area contributed by atoms with Gasteiger partial charge in [0.15, 0.2) is 0 Å². The van der Waals surface area contributed by atoms with Crippen molar-refractivity contribution in [1.29, 1.82) is 0 Å². The number of non-ortho nitro benzene ring substituents is 1. The maximum atomic E-state index is 14.1. The molecule has 31 heavy (non-hydrogen) atoms. The summed E-state index contributed by atoms with van der Waals surface area (Å²) in [6.45, 7) is 2.80. The average molecular weight is 430 g/mol. The van der Waals surface area contributed by atoms with Crippen LogP contribution in [0.25, 0.3) is 0 Å². The number of amides is 1. The van der Waals surface area contributed by atoms with E-state index in [4.69, 9.17) is 4.74 Å². The third-order valence-corrected chi connectivity index (χ3v) is 5.18. The van der Waals surface area contributed by atoms with Crippen LogP contribution in [0.5, 0.6) is 0 Å². The smallest absolute Gasteiger partial charge is 0.336 e. The van der Waals surface area contributed by atoms with Crippen molar-refractivity contribution in [2.75, 3.05) is 6.61 Å². The maximum Gasteiger partial charge on any atom is 0.336 e. The standard InChI is InChI=1S/C22H20F2N2O5/c1-3-31-22(28)21-13(2)25(12-17-18(23)8-5-9-19(17)24)20(27)11-16(21)14-6-4-7-15(10-14)26(29)30/h4-10,16H,3,11-12H2,1-2H3. The van der Waals surface area contributed by atoms with E-state index in [-0.39, 0.29) is 35.5 Å². The van der Waals surface area contributed by atoms with Gasteiger partial charge in [-0.1, -0.05) is 18.2 Å². The quantitative estimate of drug-likeness (QED) is 0.389. The maximum absolute atomic E-state index is 14.1. The highest BCUT2D eigenvalue weighted by Crippen LogP contribution is 2.38. The summed E-state index contributed by atoms with van der Waals surface area (Å²) in [5, 5.41) is 11.2. The molecule has 0 aliphatic carbocycles. The van der Waals surface area contributed by atoms with Gasteiger partial charge in [0.1, 0.15) is 11.6 Å². The zero-order chi connectivity index (χ0) is 22.7. The Morgan fingerprint density at radius 2 is 1.87 bits per heavy atom. The summed E-state index contributed by atoms with van der Waals surface area (Å²) in [5.74, 6) is -3.56. The summed E-state index contributed by atoms with van der Waals surface area (Å²) < 4.78 is 33.4. The molecule has 2 aromatic carbocycles. The van der Waals surface area contributed by atoms with Gasteiger partial charge in [-0.2, -0.15) is 0 Å². The Labute approximate surface area is 177 Å². The van der Waals surface area contributed by atoms with E-state index < -0.39 is 40.9 Å². The minimum Gasteiger partial charge on any atom is -0.463 e. The van der Waals surface area contributed by atoms with Crippen LogP contribution in [-0.2, 0) is 20.9 Å². The second-order valence-electron chi connectivity index (χ2n) is 7.01. The van der Waals surface area contributed by atoms with Crippen molar-refractivity contribution in [3.05, 3.63) is 86.6 Å². The largest absolute Gasteiger partial charge is 0.463 e. The SMILES string of the molecule is CCOC(=O)C1=C(C)N(Cc2c(F)cccc2F)C(=O)CC1c1cccc([N+](=O)[O-])c1. The van der Waals surface area contributed by atoms with Gasteiger partial charge in [0.2, 0.25) is 5.91 Å². The number of allylic oxidation sites excluding steroid dienone is 1. The Bertz CT molecular complexity index is 1060. The van der Waals surface area contributed by atoms with Gasteiger partial charge in [0.05, 0.1) is 23.6 Å². The van der Waals surface area contributed by atoms with E-state index in [9.17, 15) is 28.5 Å². The number of hydrogen-bond donors (Lipinski definition) is 0. The lowest BCUT2D eigenvalue weighted by Gasteiger charge is -2.34. The zero-order valence-corrected chi connectivity index (χ0v) is 16.9. The number of carbonyl (C=O) groups excluding carboxylic acids is 2. The number of nitrogens with zero attached hydrogens (tertiary/aromatic N) is 2. The first-order valence-electron chi connectivity index (χ1n) is 9.60. The Morgan fingerprint density at radius 3 is 2.48 bits per heavy atom. The molecule has 0 fully saturated rings. The van der Waals surface area contributed by atoms with Crippen LogP contribution in [0.15, 0.2) is 53.7 Å². The average Bonchev–Trinajstić information content (AvgIpc) is 2.72. The van der Waals surface area contributed by atoms with Crippen LogP contribution in [0.3, 0.4) is 0 Å². The molecule has 1 heterocycles. The molecular formula is C22H20F2N2O5. The zero-order valence-electron chi connectivity index (χ0n) is 16.9. The molecule has 1 aliphatic heterocycles. The fourth-order valence-electron chi connectivity index (χ4n) is 3.66. The lowest BCUT2D eigenvalue weighted by atomic mass is 9.83. The van der Waals surface area contributed by atoms with E-state index in [1.165, 1.54) is 31.2 Å². The Hall–Kier alpha value is -3.62. The highest BCUT2D eigenvalue weighted by molar-refractivity contribution is 5.95. The molecule has 0 bridgehead atoms. The third kappa shape index (κ3) is 4.45. The van der Waals surface area contributed by atoms with Crippen molar-refractivity contribution < 1.29 is 28.0 Å². The molecule has 0 N–H and O–H groups in total. The van der Waals surface area contributed by atoms with Gasteiger partial charge in [-0.05, 0) is 31.5 Å². The highest BCUT2D eigenvalue weighted by atomic mass is 19.1. The Kier molecular flexibility index (Phi) is 6.43. The van der Waals surface area contributed by atoms with Gasteiger partial charge in [-0.3, -0.25) is 14.9 Å². The van der Waals surface area contributed by atoms with Gasteiger partial charge in [-0.15, -0.1) is 0 Å². The molecule has 1 unspecified atom stereocenters. The Balaban J connectivity index is 2.09. The molecule has 9 heteroatoms. The van der Waals surface area contributed by atoms with E-state index in [2.05, 4.69) is 0 Å². The van der Waals surface area contributed by atoms with Crippen LogP contribution in [0.4, 0.5) is 14.5 Å². The highest BCUT2D eigenvalue weighted by Gasteiger charge is 2.37. The molecule has 1 amide bonds. The number of hydrogen-bond acceptors (Lipinski definition) is 5. The minimum absolute atomic E-state index is 0.0765. The van der Waals surface area contributed by atoms with Crippen LogP contribution in [0.1, 0.15) is 37.3 Å². The van der Waals surface area contributed by atoms with Crippen LogP contribution in [0, 0.1) is 21.7 Å². The second-order valence-corrected chi connectivity index (χ2v) is 7.01. The number of nitro benzene ring substituents is 1. The normalized spacial score (nSPS) is 16.5. The molecule has 0 saturated carbocycles. The first-order valence-corrected chi connectivity index (χ1v) is 9.60. The van der Waals surface area contributed by atoms with Gasteiger partial charge in [-0.25, -0.2) is 13.6 Å². The molecule has 2 aromatic rings. The first-order chi connectivity index (χ1) is 14.7. The van der Waals surface area contributed by atoms with Gasteiger partial charge >= 0.3 is 5.97 Å². The first kappa shape index (κ1) is 22.1. The van der Waals surface area contributed by atoms with Gasteiger partial charge < -0.3 is 9.64 Å². The lowest BCUT2D eigenvalue weighted by molar-refractivity contribution is -0.384. The number of rotatable bonds is 6. The van der Waals surface area contributed by atoms with E-state index in [1.54, 1.807) is 13.0 Å². The molecular weight excluding hydrogens is 410 g/mol. The fraction of sp³-hybridized carbons (Fsp3) is 0.273. The number of halogens is 2. The van der Waals surface area contributed by atoms with Crippen LogP contribution in [-0.4, -0.2) is 28.3 Å². The predicted octanol–water partition coefficient (Wildman–Crippen LogP) is 4.23. The van der Waals surface area contributed by atoms with Crippen molar-refractivity contribution in [3.63, 3.8) is 0 Å². The van der Waals surface area contributed by atoms with E-state index in [0.29, 0.717) is 5.56 Å². The third-order valence-electron chi connectivity index (χ3n) is 5.18. The lowest BCUT2D eigenvalue weighted by Crippen LogP contribution is -2.38. The molecule has 162 valence electrons. The molecule has 0 aromatic heterocycles. The molecule has 0 radical (unpaired) electrons. The van der Waals surface area contributed by atoms with E-state index in [0.717, 1.165) is 17.0 Å². The van der Waals surface area contributed by atoms with Crippen molar-refractivity contribution in [2.45, 2.75) is 32.7 Å². The number of esters is 1. The number of nitro groups is 1. The van der Waals surface area contributed by atoms with Crippen LogP contribution >= 0.6 is 0 Å². The second kappa shape index (κ2) is 9.03. The summed E-state index contributed by atoms with van der Waals surface area (Å²) >= 11 is 0. The summed E-state index contributed by atoms with van der Waals surface area (Å²) in [5.41, 5.74) is 0.239. The van der Waals surface area contributed by atoms with Crippen molar-refractivity contribution in [1.82, 2.24) is 4.90 Å². The number of carbonyl (C=O) groups is 2. The number of benzene rings is 2. The molecule has 3 rings (SSSR count). The predicted molar refractivity (Wildman–Crippen MR) is 107 cm³/mol. The monoisotopic (exact) mass is 430 g/mol. The van der Waals surface area contributed by atoms with E-state index >= 15 is 0 Å². The molecule has 1 atom stereocenters. The van der Waals surface area contributed by atoms with Gasteiger partial charge in [0.25, 0.3) is 5.69 Å². The van der Waals surface area contributed by atoms with Crippen LogP contribution < -0.4 is 0 Å². The van der Waals surface area contributed by atoms with Crippen LogP contribution in [0.2, 0.25) is 0 Å². The van der Waals surface area contributed by atoms with E-state index in [1.807, 2.05) is 0 Å². The Morgan fingerprint density at radius 1 is 1.23 bits per heavy atom. The summed E-state index contributed by atoms with van der Waals surface area (Å²) in [6.07, 6.45) is -0.206. The molecule has 0 saturated heterocycles. The van der Waals surface area contributed by atoms with Crippen molar-refractivity contribution in [3.8, 4) is 0 Å². The minimum atomic E-state index is -0.806. The summed E-state index contributed by atoms with van der Waals surface area (Å²) in [4.78, 5) is 37.4. The van der Waals surface area contributed by atoms with Crippen molar-refractivity contribution >= 4 is 17.6 Å². The van der Waals surface area contributed by atoms with Crippen molar-refractivity contribution in [2.24, 2.45) is 0 Å². The topological polar surface area (TPSA) is 89.8 Å². The molecule has 7 nitrogen and oxygen atoms in total. The summed E-state index contributed by atoms with van der Waals surface area (Å²) in [7, 11) is 0. The van der Waals surface area contributed by atoms with Gasteiger partial charge in [0, 0.05) is 35.7 Å². The number of ether oxygens (including phenoxy) is 1. The molecule has 0 spiro atoms. The fourth-order valence-corrected chi connectivity index (χ4v) is 3.66.